The van der Waals surface area contributed by atoms with Crippen LogP contribution in [0.4, 0.5) is 0 Å². The lowest BCUT2D eigenvalue weighted by atomic mass is 10.2. The van der Waals surface area contributed by atoms with E-state index in [1.165, 1.54) is 0 Å². The Morgan fingerprint density at radius 2 is 2.00 bits per heavy atom. The SMILES string of the molecule is CCC(C(=O)O)n1c(CCCN)nc2cc(OC)c(OC)cc21. The fraction of sp³-hybridized carbons (Fsp3) is 0.500. The summed E-state index contributed by atoms with van der Waals surface area (Å²) in [5.41, 5.74) is 7.00. The number of fused-ring (bicyclic) bond motifs is 1. The van der Waals surface area contributed by atoms with E-state index in [9.17, 15) is 9.90 Å². The van der Waals surface area contributed by atoms with Crippen LogP contribution in [0.5, 0.6) is 11.5 Å². The van der Waals surface area contributed by atoms with Crippen LogP contribution < -0.4 is 15.2 Å². The first-order chi connectivity index (χ1) is 11.1. The number of benzene rings is 1. The minimum Gasteiger partial charge on any atom is -0.493 e. The van der Waals surface area contributed by atoms with Crippen molar-refractivity contribution in [1.82, 2.24) is 9.55 Å². The summed E-state index contributed by atoms with van der Waals surface area (Å²) in [5, 5.41) is 9.55. The summed E-state index contributed by atoms with van der Waals surface area (Å²) in [6, 6.07) is 2.87. The summed E-state index contributed by atoms with van der Waals surface area (Å²) in [5.74, 6) is 0.954. The topological polar surface area (TPSA) is 99.6 Å². The second-order valence-electron chi connectivity index (χ2n) is 5.25. The molecule has 7 heteroatoms. The van der Waals surface area contributed by atoms with Crippen LogP contribution in [-0.2, 0) is 11.2 Å². The van der Waals surface area contributed by atoms with Crippen LogP contribution in [0.2, 0.25) is 0 Å². The normalized spacial score (nSPS) is 12.3. The van der Waals surface area contributed by atoms with Gasteiger partial charge < -0.3 is 24.9 Å². The average Bonchev–Trinajstić information content (AvgIpc) is 2.89. The molecule has 0 aliphatic carbocycles. The number of imidazole rings is 1. The molecular formula is C16H23N3O4. The Labute approximate surface area is 135 Å². The fourth-order valence-electron chi connectivity index (χ4n) is 2.72. The van der Waals surface area contributed by atoms with Crippen LogP contribution in [-0.4, -0.2) is 41.4 Å². The molecule has 3 N–H and O–H groups in total. The number of carboxylic acids is 1. The monoisotopic (exact) mass is 321 g/mol. The molecular weight excluding hydrogens is 298 g/mol. The first-order valence-corrected chi connectivity index (χ1v) is 7.63. The third kappa shape index (κ3) is 3.24. The van der Waals surface area contributed by atoms with Crippen molar-refractivity contribution in [3.8, 4) is 11.5 Å². The molecule has 1 aromatic heterocycles. The van der Waals surface area contributed by atoms with Gasteiger partial charge in [0, 0.05) is 18.6 Å². The van der Waals surface area contributed by atoms with Crippen molar-refractivity contribution >= 4 is 17.0 Å². The number of carboxylic acid groups (broad SMARTS) is 1. The van der Waals surface area contributed by atoms with Gasteiger partial charge in [0.1, 0.15) is 11.9 Å². The Hall–Kier alpha value is -2.28. The van der Waals surface area contributed by atoms with E-state index < -0.39 is 12.0 Å². The van der Waals surface area contributed by atoms with Crippen LogP contribution in [0, 0.1) is 0 Å². The minimum absolute atomic E-state index is 0.463. The highest BCUT2D eigenvalue weighted by Gasteiger charge is 2.24. The Balaban J connectivity index is 2.69. The zero-order valence-electron chi connectivity index (χ0n) is 13.7. The number of nitrogens with two attached hydrogens (primary N) is 1. The maximum absolute atomic E-state index is 11.6. The number of hydrogen-bond donors (Lipinski definition) is 2. The van der Waals surface area contributed by atoms with Crippen LogP contribution in [0.25, 0.3) is 11.0 Å². The zero-order chi connectivity index (χ0) is 17.0. The fourth-order valence-corrected chi connectivity index (χ4v) is 2.72. The molecule has 0 saturated heterocycles. The van der Waals surface area contributed by atoms with Gasteiger partial charge in [-0.05, 0) is 19.4 Å². The molecule has 0 amide bonds. The molecule has 0 aliphatic heterocycles. The van der Waals surface area contributed by atoms with Gasteiger partial charge in [0.15, 0.2) is 11.5 Å². The third-order valence-corrected chi connectivity index (χ3v) is 3.86. The molecule has 0 bridgehead atoms. The smallest absolute Gasteiger partial charge is 0.326 e. The first-order valence-electron chi connectivity index (χ1n) is 7.63. The summed E-state index contributed by atoms with van der Waals surface area (Å²) in [4.78, 5) is 16.2. The molecule has 0 radical (unpaired) electrons. The predicted octanol–water partition coefficient (Wildman–Crippen LogP) is 1.98. The molecule has 0 saturated carbocycles. The number of methoxy groups -OCH3 is 2. The summed E-state index contributed by atoms with van der Waals surface area (Å²) < 4.78 is 12.4. The quantitative estimate of drug-likeness (QED) is 0.771. The molecule has 126 valence electrons. The lowest BCUT2D eigenvalue weighted by Crippen LogP contribution is -2.20. The molecule has 1 heterocycles. The van der Waals surface area contributed by atoms with Gasteiger partial charge in [-0.1, -0.05) is 6.92 Å². The number of aliphatic carboxylic acids is 1. The second-order valence-corrected chi connectivity index (χ2v) is 5.25. The lowest BCUT2D eigenvalue weighted by Gasteiger charge is -2.17. The van der Waals surface area contributed by atoms with Crippen molar-refractivity contribution in [2.45, 2.75) is 32.2 Å². The second kappa shape index (κ2) is 7.32. The van der Waals surface area contributed by atoms with E-state index >= 15 is 0 Å². The summed E-state index contributed by atoms with van der Waals surface area (Å²) >= 11 is 0. The largest absolute Gasteiger partial charge is 0.493 e. The molecule has 0 spiro atoms. The predicted molar refractivity (Wildman–Crippen MR) is 87.2 cm³/mol. The van der Waals surface area contributed by atoms with Crippen LogP contribution in [0.15, 0.2) is 12.1 Å². The highest BCUT2D eigenvalue weighted by molar-refractivity contribution is 5.83. The molecule has 2 rings (SSSR count). The Bertz CT molecular complexity index is 696. The van der Waals surface area contributed by atoms with Gasteiger partial charge in [-0.15, -0.1) is 0 Å². The van der Waals surface area contributed by atoms with Crippen molar-refractivity contribution in [2.75, 3.05) is 20.8 Å². The van der Waals surface area contributed by atoms with E-state index in [0.717, 1.165) is 17.8 Å². The van der Waals surface area contributed by atoms with Gasteiger partial charge in [-0.2, -0.15) is 0 Å². The first kappa shape index (κ1) is 17.1. The van der Waals surface area contributed by atoms with Crippen LogP contribution in [0.1, 0.15) is 31.6 Å². The van der Waals surface area contributed by atoms with Crippen molar-refractivity contribution in [2.24, 2.45) is 5.73 Å². The van der Waals surface area contributed by atoms with E-state index in [-0.39, 0.29) is 0 Å². The molecule has 0 fully saturated rings. The molecule has 2 aromatic rings. The standard InChI is InChI=1S/C16H23N3O4/c1-4-11(16(20)21)19-12-9-14(23-3)13(22-2)8-10(12)18-15(19)6-5-7-17/h8-9,11H,4-7,17H2,1-3H3,(H,20,21). The minimum atomic E-state index is -0.879. The van der Waals surface area contributed by atoms with Gasteiger partial charge in [0.2, 0.25) is 0 Å². The van der Waals surface area contributed by atoms with Gasteiger partial charge in [-0.3, -0.25) is 0 Å². The Kier molecular flexibility index (Phi) is 5.44. The number of aromatic nitrogens is 2. The van der Waals surface area contributed by atoms with E-state index in [1.807, 2.05) is 6.92 Å². The molecule has 1 unspecified atom stereocenters. The summed E-state index contributed by atoms with van der Waals surface area (Å²) in [6.07, 6.45) is 1.83. The Morgan fingerprint density at radius 3 is 2.52 bits per heavy atom. The Morgan fingerprint density at radius 1 is 1.35 bits per heavy atom. The zero-order valence-corrected chi connectivity index (χ0v) is 13.7. The number of rotatable bonds is 8. The molecule has 23 heavy (non-hydrogen) atoms. The van der Waals surface area contributed by atoms with Crippen molar-refractivity contribution in [3.63, 3.8) is 0 Å². The van der Waals surface area contributed by atoms with E-state index in [4.69, 9.17) is 15.2 Å². The van der Waals surface area contributed by atoms with Crippen molar-refractivity contribution in [3.05, 3.63) is 18.0 Å². The number of ether oxygens (including phenoxy) is 2. The molecule has 7 nitrogen and oxygen atoms in total. The maximum atomic E-state index is 11.6. The third-order valence-electron chi connectivity index (χ3n) is 3.86. The average molecular weight is 321 g/mol. The molecule has 1 aromatic carbocycles. The van der Waals surface area contributed by atoms with Crippen molar-refractivity contribution in [1.29, 1.82) is 0 Å². The van der Waals surface area contributed by atoms with E-state index in [1.54, 1.807) is 30.9 Å². The van der Waals surface area contributed by atoms with E-state index in [2.05, 4.69) is 4.98 Å². The number of nitrogens with zero attached hydrogens (tertiary/aromatic N) is 2. The number of aryl methyl sites for hydroxylation is 1. The molecule has 0 aliphatic rings. The van der Waals surface area contributed by atoms with E-state index in [0.29, 0.717) is 36.4 Å². The van der Waals surface area contributed by atoms with Gasteiger partial charge in [-0.25, -0.2) is 9.78 Å². The van der Waals surface area contributed by atoms with Gasteiger partial charge in [0.25, 0.3) is 0 Å². The lowest BCUT2D eigenvalue weighted by molar-refractivity contribution is -0.140. The highest BCUT2D eigenvalue weighted by atomic mass is 16.5. The highest BCUT2D eigenvalue weighted by Crippen LogP contribution is 2.34. The van der Waals surface area contributed by atoms with Crippen LogP contribution >= 0.6 is 0 Å². The summed E-state index contributed by atoms with van der Waals surface area (Å²) in [7, 11) is 3.11. The number of hydrogen-bond acceptors (Lipinski definition) is 5. The van der Waals surface area contributed by atoms with Crippen LogP contribution in [0.3, 0.4) is 0 Å². The number of carbonyl (C=O) groups is 1. The van der Waals surface area contributed by atoms with Gasteiger partial charge in [0.05, 0.1) is 25.3 Å². The maximum Gasteiger partial charge on any atom is 0.326 e. The van der Waals surface area contributed by atoms with Crippen molar-refractivity contribution < 1.29 is 19.4 Å². The molecule has 1 atom stereocenters. The summed E-state index contributed by atoms with van der Waals surface area (Å²) in [6.45, 7) is 2.37. The van der Waals surface area contributed by atoms with Gasteiger partial charge >= 0.3 is 5.97 Å².